The van der Waals surface area contributed by atoms with E-state index >= 15 is 0 Å². The average Bonchev–Trinajstić information content (AvgIpc) is 2.75. The molecule has 1 amide bonds. The molecule has 0 aliphatic rings. The van der Waals surface area contributed by atoms with Crippen molar-refractivity contribution in [3.05, 3.63) is 21.9 Å². The number of nitrogens with one attached hydrogen (secondary N) is 2. The first-order chi connectivity index (χ1) is 7.99. The first kappa shape index (κ1) is 13.7. The van der Waals surface area contributed by atoms with Crippen molar-refractivity contribution in [3.63, 3.8) is 0 Å². The Morgan fingerprint density at radius 1 is 1.59 bits per heavy atom. The number of hydrogen-bond acceptors (Lipinski definition) is 4. The van der Waals surface area contributed by atoms with Crippen molar-refractivity contribution in [3.8, 4) is 6.07 Å². The van der Waals surface area contributed by atoms with Crippen molar-refractivity contribution in [2.24, 2.45) is 5.41 Å². The average molecular weight is 251 g/mol. The minimum Gasteiger partial charge on any atom is -0.359 e. The maximum atomic E-state index is 11.5. The van der Waals surface area contributed by atoms with E-state index in [4.69, 9.17) is 5.26 Å². The lowest BCUT2D eigenvalue weighted by Gasteiger charge is -2.22. The lowest BCUT2D eigenvalue weighted by atomic mass is 9.92. The first-order valence-corrected chi connectivity index (χ1v) is 6.28. The molecule has 0 radical (unpaired) electrons. The highest BCUT2D eigenvalue weighted by atomic mass is 32.1. The first-order valence-electron chi connectivity index (χ1n) is 5.40. The molecule has 1 aromatic heterocycles. The van der Waals surface area contributed by atoms with Crippen LogP contribution in [0.4, 0.5) is 0 Å². The second-order valence-corrected chi connectivity index (χ2v) is 5.48. The van der Waals surface area contributed by atoms with Gasteiger partial charge in [0.25, 0.3) is 0 Å². The van der Waals surface area contributed by atoms with Gasteiger partial charge < -0.3 is 10.6 Å². The van der Waals surface area contributed by atoms with Crippen LogP contribution in [0.1, 0.15) is 24.3 Å². The Labute approximate surface area is 106 Å². The lowest BCUT2D eigenvalue weighted by molar-refractivity contribution is -0.128. The van der Waals surface area contributed by atoms with Gasteiger partial charge in [-0.3, -0.25) is 4.79 Å². The summed E-state index contributed by atoms with van der Waals surface area (Å²) in [5.74, 6) is 0.0221. The van der Waals surface area contributed by atoms with Crippen LogP contribution in [0.25, 0.3) is 0 Å². The van der Waals surface area contributed by atoms with Crippen LogP contribution in [-0.4, -0.2) is 19.5 Å². The Balaban J connectivity index is 2.42. The van der Waals surface area contributed by atoms with E-state index in [1.165, 1.54) is 0 Å². The fraction of sp³-hybridized carbons (Fsp3) is 0.500. The van der Waals surface area contributed by atoms with Gasteiger partial charge in [-0.25, -0.2) is 0 Å². The van der Waals surface area contributed by atoms with E-state index in [9.17, 15) is 4.79 Å². The third kappa shape index (κ3) is 3.84. The van der Waals surface area contributed by atoms with Crippen molar-refractivity contribution < 1.29 is 4.79 Å². The van der Waals surface area contributed by atoms with Crippen LogP contribution in [0.2, 0.25) is 0 Å². The second kappa shape index (κ2) is 5.80. The van der Waals surface area contributed by atoms with Crippen LogP contribution >= 0.6 is 11.3 Å². The number of nitrogens with zero attached hydrogens (tertiary/aromatic N) is 1. The molecule has 17 heavy (non-hydrogen) atoms. The summed E-state index contributed by atoms with van der Waals surface area (Å²) < 4.78 is 0. The van der Waals surface area contributed by atoms with Crippen molar-refractivity contribution in [1.29, 1.82) is 5.26 Å². The molecule has 0 aliphatic carbocycles. The minimum absolute atomic E-state index is 0.0221. The summed E-state index contributed by atoms with van der Waals surface area (Å²) in [6.07, 6.45) is 0. The molecule has 0 atom stereocenters. The molecular formula is C12H17N3OS. The van der Waals surface area contributed by atoms with Gasteiger partial charge in [0, 0.05) is 30.4 Å². The molecule has 0 aliphatic heterocycles. The van der Waals surface area contributed by atoms with Crippen LogP contribution in [0, 0.1) is 16.7 Å². The third-order valence-corrected chi connectivity index (χ3v) is 3.43. The van der Waals surface area contributed by atoms with Gasteiger partial charge in [-0.2, -0.15) is 5.26 Å². The van der Waals surface area contributed by atoms with Crippen LogP contribution in [-0.2, 0) is 11.3 Å². The summed E-state index contributed by atoms with van der Waals surface area (Å²) in [5, 5.41) is 16.4. The predicted molar refractivity (Wildman–Crippen MR) is 68.6 cm³/mol. The van der Waals surface area contributed by atoms with E-state index in [1.807, 2.05) is 25.3 Å². The zero-order valence-corrected chi connectivity index (χ0v) is 11.1. The maximum absolute atomic E-state index is 11.5. The van der Waals surface area contributed by atoms with E-state index in [1.54, 1.807) is 18.4 Å². The van der Waals surface area contributed by atoms with Gasteiger partial charge in [0.05, 0.1) is 11.0 Å². The molecule has 1 aromatic rings. The number of hydrogen-bond donors (Lipinski definition) is 2. The van der Waals surface area contributed by atoms with Gasteiger partial charge in [0.1, 0.15) is 6.07 Å². The molecule has 0 spiro atoms. The van der Waals surface area contributed by atoms with Gasteiger partial charge >= 0.3 is 0 Å². The fourth-order valence-electron chi connectivity index (χ4n) is 1.45. The van der Waals surface area contributed by atoms with E-state index < -0.39 is 5.41 Å². The number of rotatable bonds is 5. The number of nitriles is 1. The van der Waals surface area contributed by atoms with E-state index in [2.05, 4.69) is 16.7 Å². The molecule has 0 saturated heterocycles. The predicted octanol–water partition coefficient (Wildman–Crippen LogP) is 1.48. The summed E-state index contributed by atoms with van der Waals surface area (Å²) in [6.45, 7) is 5.08. The Morgan fingerprint density at radius 3 is 2.82 bits per heavy atom. The van der Waals surface area contributed by atoms with Crippen LogP contribution in [0.15, 0.2) is 11.4 Å². The summed E-state index contributed by atoms with van der Waals surface area (Å²) in [5.41, 5.74) is 0.265. The highest BCUT2D eigenvalue weighted by Gasteiger charge is 2.25. The largest absolute Gasteiger partial charge is 0.359 e. The number of thiophene rings is 1. The van der Waals surface area contributed by atoms with Crippen LogP contribution in [0.5, 0.6) is 0 Å². The van der Waals surface area contributed by atoms with Crippen LogP contribution in [0.3, 0.4) is 0 Å². The molecule has 0 fully saturated rings. The van der Waals surface area contributed by atoms with Gasteiger partial charge in [-0.15, -0.1) is 11.3 Å². The van der Waals surface area contributed by atoms with Crippen molar-refractivity contribution in [1.82, 2.24) is 10.6 Å². The summed E-state index contributed by atoms with van der Waals surface area (Å²) in [6, 6.07) is 3.97. The molecule has 0 bridgehead atoms. The molecule has 92 valence electrons. The lowest BCUT2D eigenvalue weighted by Crippen LogP contribution is -2.41. The Hall–Kier alpha value is -1.38. The Bertz CT molecular complexity index is 431. The van der Waals surface area contributed by atoms with Gasteiger partial charge in [-0.05, 0) is 19.9 Å². The number of carbonyl (C=O) groups is 1. The highest BCUT2D eigenvalue weighted by Crippen LogP contribution is 2.16. The SMILES string of the molecule is CNC(=O)C(C)(C)CNCc1cc(C#N)cs1. The van der Waals surface area contributed by atoms with Gasteiger partial charge in [0.2, 0.25) is 5.91 Å². The third-order valence-electron chi connectivity index (χ3n) is 2.49. The molecule has 5 heteroatoms. The molecule has 2 N–H and O–H groups in total. The number of amides is 1. The summed E-state index contributed by atoms with van der Waals surface area (Å²) in [7, 11) is 1.64. The summed E-state index contributed by atoms with van der Waals surface area (Å²) in [4.78, 5) is 12.6. The molecule has 4 nitrogen and oxygen atoms in total. The zero-order valence-electron chi connectivity index (χ0n) is 10.3. The maximum Gasteiger partial charge on any atom is 0.226 e. The van der Waals surface area contributed by atoms with Gasteiger partial charge in [0.15, 0.2) is 0 Å². The molecular weight excluding hydrogens is 234 g/mol. The monoisotopic (exact) mass is 251 g/mol. The second-order valence-electron chi connectivity index (χ2n) is 4.48. The van der Waals surface area contributed by atoms with Crippen LogP contribution < -0.4 is 10.6 Å². The molecule has 1 rings (SSSR count). The smallest absolute Gasteiger partial charge is 0.226 e. The molecule has 1 heterocycles. The van der Waals surface area contributed by atoms with E-state index in [-0.39, 0.29) is 5.91 Å². The molecule has 0 aromatic carbocycles. The topological polar surface area (TPSA) is 64.9 Å². The highest BCUT2D eigenvalue weighted by molar-refractivity contribution is 7.10. The fourth-order valence-corrected chi connectivity index (χ4v) is 2.23. The van der Waals surface area contributed by atoms with Crippen molar-refractivity contribution >= 4 is 17.2 Å². The Kier molecular flexibility index (Phi) is 4.67. The van der Waals surface area contributed by atoms with E-state index in [0.717, 1.165) is 4.88 Å². The quantitative estimate of drug-likeness (QED) is 0.833. The van der Waals surface area contributed by atoms with E-state index in [0.29, 0.717) is 18.7 Å². The zero-order chi connectivity index (χ0) is 12.9. The summed E-state index contributed by atoms with van der Waals surface area (Å²) >= 11 is 1.55. The molecule has 0 saturated carbocycles. The Morgan fingerprint density at radius 2 is 2.29 bits per heavy atom. The van der Waals surface area contributed by atoms with Gasteiger partial charge in [-0.1, -0.05) is 0 Å². The number of carbonyl (C=O) groups excluding carboxylic acids is 1. The normalized spacial score (nSPS) is 10.9. The van der Waals surface area contributed by atoms with Crippen molar-refractivity contribution in [2.45, 2.75) is 20.4 Å². The van der Waals surface area contributed by atoms with Crippen molar-refractivity contribution in [2.75, 3.05) is 13.6 Å². The standard InChI is InChI=1S/C12H17N3OS/c1-12(2,11(16)14-3)8-15-6-10-4-9(5-13)7-17-10/h4,7,15H,6,8H2,1-3H3,(H,14,16). The minimum atomic E-state index is -0.427. The molecule has 0 unspecified atom stereocenters.